The quantitative estimate of drug-likeness (QED) is 0.730. The average molecular weight is 261 g/mol. The molecule has 3 aromatic rings. The predicted octanol–water partition coefficient (Wildman–Crippen LogP) is 1.57. The summed E-state index contributed by atoms with van der Waals surface area (Å²) in [5.74, 6) is 0.418. The number of H-pyrrole nitrogens is 1. The second-order valence-electron chi connectivity index (χ2n) is 3.89. The number of nitrogen functional groups attached to an aromatic ring is 1. The number of aromatic amines is 1. The van der Waals surface area contributed by atoms with Gasteiger partial charge in [-0.15, -0.1) is 5.10 Å². The Bertz CT molecular complexity index is 708. The number of nitrogens with zero attached hydrogens (tertiary/aromatic N) is 4. The van der Waals surface area contributed by atoms with Gasteiger partial charge in [0.05, 0.1) is 5.02 Å². The van der Waals surface area contributed by atoms with Crippen molar-refractivity contribution in [1.82, 2.24) is 25.4 Å². The number of nitrogens with one attached hydrogen (secondary N) is 1. The molecule has 0 aliphatic rings. The number of hydrogen-bond acceptors (Lipinski definition) is 5. The number of nitrogens with two attached hydrogens (primary N) is 1. The minimum Gasteiger partial charge on any atom is -0.384 e. The molecule has 3 N–H and O–H groups in total. The minimum absolute atomic E-state index is 0.418. The third kappa shape index (κ3) is 1.98. The number of aromatic nitrogens is 5. The lowest BCUT2D eigenvalue weighted by Gasteiger charge is -2.03. The van der Waals surface area contributed by atoms with E-state index in [1.807, 2.05) is 6.07 Å². The first-order valence-corrected chi connectivity index (χ1v) is 5.65. The monoisotopic (exact) mass is 260 g/mol. The fraction of sp³-hybridized carbons (Fsp3) is 0.0909. The van der Waals surface area contributed by atoms with Crippen molar-refractivity contribution < 1.29 is 0 Å². The summed E-state index contributed by atoms with van der Waals surface area (Å²) in [5.41, 5.74) is 8.88. The topological polar surface area (TPSA) is 93.4 Å². The van der Waals surface area contributed by atoms with Gasteiger partial charge in [0.25, 0.3) is 0 Å². The smallest absolute Gasteiger partial charge is 0.203 e. The summed E-state index contributed by atoms with van der Waals surface area (Å²) in [6.45, 7) is 0. The van der Waals surface area contributed by atoms with Crippen LogP contribution in [-0.2, 0) is 6.42 Å². The highest BCUT2D eigenvalue weighted by Gasteiger charge is 2.09. The largest absolute Gasteiger partial charge is 0.384 e. The van der Waals surface area contributed by atoms with Crippen molar-refractivity contribution in [3.05, 3.63) is 40.7 Å². The number of halogens is 1. The molecule has 90 valence electrons. The minimum atomic E-state index is 0.418. The molecule has 0 aliphatic heterocycles. The van der Waals surface area contributed by atoms with Crippen molar-refractivity contribution in [3.8, 4) is 0 Å². The van der Waals surface area contributed by atoms with Gasteiger partial charge in [-0.3, -0.25) is 4.98 Å². The Morgan fingerprint density at radius 2 is 2.11 bits per heavy atom. The zero-order valence-electron chi connectivity index (χ0n) is 9.26. The van der Waals surface area contributed by atoms with Crippen molar-refractivity contribution in [2.24, 2.45) is 0 Å². The second kappa shape index (κ2) is 4.23. The maximum atomic E-state index is 5.91. The molecule has 6 nitrogen and oxygen atoms in total. The Labute approximate surface area is 107 Å². The van der Waals surface area contributed by atoms with E-state index in [4.69, 9.17) is 17.3 Å². The SMILES string of the molecule is Nc1cc(Cc2cncc(Cl)c2)c2n[nH]nc2n1. The van der Waals surface area contributed by atoms with Crippen molar-refractivity contribution >= 4 is 28.6 Å². The summed E-state index contributed by atoms with van der Waals surface area (Å²) in [4.78, 5) is 8.13. The summed E-state index contributed by atoms with van der Waals surface area (Å²) in [6, 6.07) is 3.64. The third-order valence-electron chi connectivity index (χ3n) is 2.55. The Morgan fingerprint density at radius 1 is 1.22 bits per heavy atom. The normalized spacial score (nSPS) is 10.9. The zero-order valence-corrected chi connectivity index (χ0v) is 10.0. The van der Waals surface area contributed by atoms with Gasteiger partial charge in [-0.05, 0) is 23.3 Å². The summed E-state index contributed by atoms with van der Waals surface area (Å²) in [6.07, 6.45) is 3.98. The molecule has 3 rings (SSSR count). The first kappa shape index (κ1) is 10.9. The van der Waals surface area contributed by atoms with Gasteiger partial charge in [-0.2, -0.15) is 10.3 Å². The average Bonchev–Trinajstić information content (AvgIpc) is 2.77. The Kier molecular flexibility index (Phi) is 2.56. The Hall–Kier alpha value is -2.21. The van der Waals surface area contributed by atoms with Crippen LogP contribution in [0.1, 0.15) is 11.1 Å². The first-order valence-electron chi connectivity index (χ1n) is 5.27. The van der Waals surface area contributed by atoms with Gasteiger partial charge in [0.2, 0.25) is 5.65 Å². The number of anilines is 1. The van der Waals surface area contributed by atoms with E-state index in [9.17, 15) is 0 Å². The van der Waals surface area contributed by atoms with Crippen molar-refractivity contribution in [3.63, 3.8) is 0 Å². The van der Waals surface area contributed by atoms with Crippen LogP contribution in [0.4, 0.5) is 5.82 Å². The van der Waals surface area contributed by atoms with E-state index in [0.29, 0.717) is 28.4 Å². The first-order chi connectivity index (χ1) is 8.72. The predicted molar refractivity (Wildman–Crippen MR) is 68.1 cm³/mol. The zero-order chi connectivity index (χ0) is 12.5. The van der Waals surface area contributed by atoms with Gasteiger partial charge in [0.1, 0.15) is 11.3 Å². The van der Waals surface area contributed by atoms with Crippen LogP contribution in [0.25, 0.3) is 11.2 Å². The van der Waals surface area contributed by atoms with Crippen LogP contribution in [-0.4, -0.2) is 25.4 Å². The lowest BCUT2D eigenvalue weighted by atomic mass is 10.1. The highest BCUT2D eigenvalue weighted by atomic mass is 35.5. The molecule has 0 saturated heterocycles. The Morgan fingerprint density at radius 3 is 2.94 bits per heavy atom. The molecule has 0 atom stereocenters. The van der Waals surface area contributed by atoms with Crippen LogP contribution in [0.15, 0.2) is 24.5 Å². The second-order valence-corrected chi connectivity index (χ2v) is 4.33. The molecule has 0 aliphatic carbocycles. The standard InChI is InChI=1S/C11H9ClN6/c12-8-2-6(4-14-5-8)1-7-3-9(13)15-11-10(7)16-18-17-11/h2-5H,1H2,(H3,13,15,16,17,18). The molecule has 3 heterocycles. The molecule has 7 heteroatoms. The molecule has 0 spiro atoms. The summed E-state index contributed by atoms with van der Waals surface area (Å²) in [5, 5.41) is 11.1. The molecular weight excluding hydrogens is 252 g/mol. The Balaban J connectivity index is 2.06. The van der Waals surface area contributed by atoms with Crippen LogP contribution in [0.3, 0.4) is 0 Å². The van der Waals surface area contributed by atoms with Crippen molar-refractivity contribution in [2.45, 2.75) is 6.42 Å². The van der Waals surface area contributed by atoms with Crippen LogP contribution < -0.4 is 5.73 Å². The molecule has 0 fully saturated rings. The number of rotatable bonds is 2. The summed E-state index contributed by atoms with van der Waals surface area (Å²) < 4.78 is 0. The molecule has 0 amide bonds. The molecule has 3 aromatic heterocycles. The van der Waals surface area contributed by atoms with Gasteiger partial charge >= 0.3 is 0 Å². The molecule has 0 radical (unpaired) electrons. The number of fused-ring (bicyclic) bond motifs is 1. The van der Waals surface area contributed by atoms with E-state index in [0.717, 1.165) is 11.1 Å². The van der Waals surface area contributed by atoms with E-state index >= 15 is 0 Å². The third-order valence-corrected chi connectivity index (χ3v) is 2.75. The van der Waals surface area contributed by atoms with Crippen molar-refractivity contribution in [2.75, 3.05) is 5.73 Å². The summed E-state index contributed by atoms with van der Waals surface area (Å²) in [7, 11) is 0. The van der Waals surface area contributed by atoms with Gasteiger partial charge in [-0.1, -0.05) is 11.6 Å². The van der Waals surface area contributed by atoms with Crippen LogP contribution in [0, 0.1) is 0 Å². The van der Waals surface area contributed by atoms with Gasteiger partial charge in [0.15, 0.2) is 0 Å². The van der Waals surface area contributed by atoms with Gasteiger partial charge in [0, 0.05) is 18.8 Å². The van der Waals surface area contributed by atoms with E-state index in [2.05, 4.69) is 25.4 Å². The number of pyridine rings is 2. The molecule has 18 heavy (non-hydrogen) atoms. The molecule has 0 bridgehead atoms. The highest BCUT2D eigenvalue weighted by molar-refractivity contribution is 6.30. The highest BCUT2D eigenvalue weighted by Crippen LogP contribution is 2.19. The van der Waals surface area contributed by atoms with Crippen LogP contribution in [0.2, 0.25) is 5.02 Å². The van der Waals surface area contributed by atoms with E-state index in [-0.39, 0.29) is 0 Å². The van der Waals surface area contributed by atoms with E-state index in [1.54, 1.807) is 18.5 Å². The molecule has 0 saturated carbocycles. The fourth-order valence-electron chi connectivity index (χ4n) is 1.83. The molecule has 0 aromatic carbocycles. The lowest BCUT2D eigenvalue weighted by Crippen LogP contribution is -1.97. The van der Waals surface area contributed by atoms with Crippen molar-refractivity contribution in [1.29, 1.82) is 0 Å². The molecule has 0 unspecified atom stereocenters. The van der Waals surface area contributed by atoms with E-state index < -0.39 is 0 Å². The van der Waals surface area contributed by atoms with Crippen LogP contribution >= 0.6 is 11.6 Å². The maximum Gasteiger partial charge on any atom is 0.203 e. The maximum absolute atomic E-state index is 5.91. The number of hydrogen-bond donors (Lipinski definition) is 2. The van der Waals surface area contributed by atoms with Gasteiger partial charge in [-0.25, -0.2) is 4.98 Å². The molecular formula is C11H9ClN6. The van der Waals surface area contributed by atoms with Crippen LogP contribution in [0.5, 0.6) is 0 Å². The van der Waals surface area contributed by atoms with Gasteiger partial charge < -0.3 is 5.73 Å². The summed E-state index contributed by atoms with van der Waals surface area (Å²) >= 11 is 5.91. The fourth-order valence-corrected chi connectivity index (χ4v) is 2.02. The lowest BCUT2D eigenvalue weighted by molar-refractivity contribution is 0.953. The van der Waals surface area contributed by atoms with E-state index in [1.165, 1.54) is 0 Å².